The van der Waals surface area contributed by atoms with E-state index in [1.807, 2.05) is 54.6 Å². The standard InChI is InChI=1S/C16H15NO3/c1-18-14-10-6-5-9-13(14)16-17-20-15(19-16)11-12-7-3-2-4-8-12/h2-10,15H,11H2,1H3/t15-/m1/s1. The lowest BCUT2D eigenvalue weighted by molar-refractivity contribution is -0.0457. The first kappa shape index (κ1) is 12.5. The average Bonchev–Trinajstić information content (AvgIpc) is 2.96. The predicted molar refractivity (Wildman–Crippen MR) is 75.6 cm³/mol. The number of oxime groups is 1. The van der Waals surface area contributed by atoms with Crippen molar-refractivity contribution >= 4 is 5.90 Å². The van der Waals surface area contributed by atoms with E-state index in [4.69, 9.17) is 14.3 Å². The third kappa shape index (κ3) is 2.59. The van der Waals surface area contributed by atoms with Crippen LogP contribution in [0.2, 0.25) is 0 Å². The van der Waals surface area contributed by atoms with Crippen molar-refractivity contribution in [1.29, 1.82) is 0 Å². The summed E-state index contributed by atoms with van der Waals surface area (Å²) in [6.45, 7) is 0. The molecule has 0 spiro atoms. The van der Waals surface area contributed by atoms with Crippen LogP contribution < -0.4 is 4.74 Å². The van der Waals surface area contributed by atoms with Gasteiger partial charge in [0.05, 0.1) is 12.7 Å². The van der Waals surface area contributed by atoms with Crippen LogP contribution in [0.15, 0.2) is 59.8 Å². The fourth-order valence-corrected chi connectivity index (χ4v) is 2.09. The zero-order chi connectivity index (χ0) is 13.8. The molecule has 0 saturated carbocycles. The molecule has 0 N–H and O–H groups in total. The first-order valence-electron chi connectivity index (χ1n) is 6.44. The van der Waals surface area contributed by atoms with Crippen molar-refractivity contribution in [3.8, 4) is 5.75 Å². The molecule has 2 aromatic rings. The largest absolute Gasteiger partial charge is 0.496 e. The Morgan fingerprint density at radius 1 is 1.05 bits per heavy atom. The summed E-state index contributed by atoms with van der Waals surface area (Å²) >= 11 is 0. The van der Waals surface area contributed by atoms with E-state index in [0.717, 1.165) is 16.9 Å². The number of hydrogen-bond acceptors (Lipinski definition) is 4. The highest BCUT2D eigenvalue weighted by molar-refractivity contribution is 5.97. The van der Waals surface area contributed by atoms with Crippen LogP contribution in [0.25, 0.3) is 0 Å². The van der Waals surface area contributed by atoms with Gasteiger partial charge in [0, 0.05) is 6.42 Å². The van der Waals surface area contributed by atoms with E-state index < -0.39 is 6.29 Å². The monoisotopic (exact) mass is 269 g/mol. The SMILES string of the molecule is COc1ccccc1C1=NO[C@H](Cc2ccccc2)O1. The summed E-state index contributed by atoms with van der Waals surface area (Å²) in [6.07, 6.45) is 0.264. The molecule has 1 aliphatic rings. The predicted octanol–water partition coefficient (Wildman–Crippen LogP) is 2.97. The molecule has 2 aromatic carbocycles. The van der Waals surface area contributed by atoms with E-state index in [1.165, 1.54) is 0 Å². The minimum atomic E-state index is -0.391. The van der Waals surface area contributed by atoms with Gasteiger partial charge in [-0.25, -0.2) is 0 Å². The van der Waals surface area contributed by atoms with Crippen LogP contribution in [0.3, 0.4) is 0 Å². The van der Waals surface area contributed by atoms with Gasteiger partial charge in [0.1, 0.15) is 5.75 Å². The van der Waals surface area contributed by atoms with Gasteiger partial charge in [-0.2, -0.15) is 0 Å². The Kier molecular flexibility index (Phi) is 3.54. The second-order valence-corrected chi connectivity index (χ2v) is 4.44. The van der Waals surface area contributed by atoms with Gasteiger partial charge in [-0.1, -0.05) is 42.5 Å². The van der Waals surface area contributed by atoms with Crippen molar-refractivity contribution in [2.24, 2.45) is 5.16 Å². The lowest BCUT2D eigenvalue weighted by Crippen LogP contribution is -2.15. The van der Waals surface area contributed by atoms with Gasteiger partial charge in [-0.3, -0.25) is 0 Å². The molecule has 0 bridgehead atoms. The van der Waals surface area contributed by atoms with Crippen LogP contribution in [0.1, 0.15) is 11.1 Å². The fourth-order valence-electron chi connectivity index (χ4n) is 2.09. The van der Waals surface area contributed by atoms with Gasteiger partial charge in [-0.05, 0) is 22.9 Å². The summed E-state index contributed by atoms with van der Waals surface area (Å²) in [5.41, 5.74) is 1.94. The highest BCUT2D eigenvalue weighted by Crippen LogP contribution is 2.23. The van der Waals surface area contributed by atoms with Gasteiger partial charge < -0.3 is 14.3 Å². The molecule has 20 heavy (non-hydrogen) atoms. The maximum absolute atomic E-state index is 5.74. The fraction of sp³-hybridized carbons (Fsp3) is 0.188. The average molecular weight is 269 g/mol. The smallest absolute Gasteiger partial charge is 0.271 e. The van der Waals surface area contributed by atoms with Gasteiger partial charge in [0.2, 0.25) is 0 Å². The Morgan fingerprint density at radius 2 is 1.80 bits per heavy atom. The number of hydrogen-bond donors (Lipinski definition) is 0. The highest BCUT2D eigenvalue weighted by atomic mass is 16.8. The molecule has 0 amide bonds. The minimum absolute atomic E-state index is 0.391. The summed E-state index contributed by atoms with van der Waals surface area (Å²) in [4.78, 5) is 5.33. The van der Waals surface area contributed by atoms with Crippen LogP contribution in [0.5, 0.6) is 5.75 Å². The van der Waals surface area contributed by atoms with E-state index in [1.54, 1.807) is 7.11 Å². The number of para-hydroxylation sites is 1. The van der Waals surface area contributed by atoms with Gasteiger partial charge in [0.15, 0.2) is 0 Å². The normalized spacial score (nSPS) is 17.1. The molecule has 0 unspecified atom stereocenters. The van der Waals surface area contributed by atoms with Crippen LogP contribution >= 0.6 is 0 Å². The molecule has 3 rings (SSSR count). The molecule has 102 valence electrons. The van der Waals surface area contributed by atoms with Crippen molar-refractivity contribution in [1.82, 2.24) is 0 Å². The van der Waals surface area contributed by atoms with Crippen molar-refractivity contribution in [2.45, 2.75) is 12.7 Å². The highest BCUT2D eigenvalue weighted by Gasteiger charge is 2.25. The molecule has 0 aliphatic carbocycles. The van der Waals surface area contributed by atoms with Gasteiger partial charge in [0.25, 0.3) is 12.2 Å². The van der Waals surface area contributed by atoms with Gasteiger partial charge >= 0.3 is 0 Å². The minimum Gasteiger partial charge on any atom is -0.496 e. The lowest BCUT2D eigenvalue weighted by Gasteiger charge is -2.10. The van der Waals surface area contributed by atoms with Crippen molar-refractivity contribution in [3.05, 3.63) is 65.7 Å². The number of nitrogens with zero attached hydrogens (tertiary/aromatic N) is 1. The third-order valence-electron chi connectivity index (χ3n) is 3.08. The number of benzene rings is 2. The molecule has 1 atom stereocenters. The van der Waals surface area contributed by atoms with E-state index in [2.05, 4.69) is 5.16 Å². The Bertz CT molecular complexity index is 610. The van der Waals surface area contributed by atoms with Crippen LogP contribution in [0.4, 0.5) is 0 Å². The van der Waals surface area contributed by atoms with Crippen molar-refractivity contribution in [2.75, 3.05) is 7.11 Å². The Balaban J connectivity index is 1.70. The molecule has 0 radical (unpaired) electrons. The Labute approximate surface area is 117 Å². The molecule has 0 aromatic heterocycles. The third-order valence-corrected chi connectivity index (χ3v) is 3.08. The molecule has 1 heterocycles. The summed E-state index contributed by atoms with van der Waals surface area (Å²) in [7, 11) is 1.62. The topological polar surface area (TPSA) is 40.0 Å². The first-order chi connectivity index (χ1) is 9.86. The summed E-state index contributed by atoms with van der Waals surface area (Å²) in [5.74, 6) is 1.18. The molecule has 4 nitrogen and oxygen atoms in total. The van der Waals surface area contributed by atoms with Crippen LogP contribution in [0, 0.1) is 0 Å². The van der Waals surface area contributed by atoms with Crippen molar-refractivity contribution < 1.29 is 14.3 Å². The second-order valence-electron chi connectivity index (χ2n) is 4.44. The molecule has 0 fully saturated rings. The summed E-state index contributed by atoms with van der Waals surface area (Å²) < 4.78 is 11.0. The first-order valence-corrected chi connectivity index (χ1v) is 6.44. The Morgan fingerprint density at radius 3 is 2.60 bits per heavy atom. The molecular formula is C16H15NO3. The molecular weight excluding hydrogens is 254 g/mol. The zero-order valence-corrected chi connectivity index (χ0v) is 11.2. The Hall–Kier alpha value is -2.49. The lowest BCUT2D eigenvalue weighted by atomic mass is 10.1. The number of rotatable bonds is 4. The van der Waals surface area contributed by atoms with E-state index in [9.17, 15) is 0 Å². The maximum Gasteiger partial charge on any atom is 0.271 e. The quantitative estimate of drug-likeness (QED) is 0.856. The van der Waals surface area contributed by atoms with E-state index in [-0.39, 0.29) is 0 Å². The maximum atomic E-state index is 5.74. The van der Waals surface area contributed by atoms with Crippen LogP contribution in [-0.2, 0) is 16.0 Å². The second kappa shape index (κ2) is 5.65. The molecule has 1 aliphatic heterocycles. The zero-order valence-electron chi connectivity index (χ0n) is 11.2. The summed E-state index contributed by atoms with van der Waals surface area (Å²) in [6, 6.07) is 17.6. The van der Waals surface area contributed by atoms with E-state index in [0.29, 0.717) is 12.3 Å². The number of methoxy groups -OCH3 is 1. The van der Waals surface area contributed by atoms with Crippen LogP contribution in [-0.4, -0.2) is 19.3 Å². The molecule has 0 saturated heterocycles. The summed E-state index contributed by atoms with van der Waals surface area (Å²) in [5, 5.41) is 4.01. The molecule has 4 heteroatoms. The van der Waals surface area contributed by atoms with Crippen molar-refractivity contribution in [3.63, 3.8) is 0 Å². The number of ether oxygens (including phenoxy) is 2. The van der Waals surface area contributed by atoms with Gasteiger partial charge in [-0.15, -0.1) is 0 Å². The van der Waals surface area contributed by atoms with E-state index >= 15 is 0 Å².